The molecule has 2 aliphatic rings. The van der Waals surface area contributed by atoms with Crippen molar-refractivity contribution in [2.45, 2.75) is 63.8 Å². The first-order valence-electron chi connectivity index (χ1n) is 8.75. The van der Waals surface area contributed by atoms with Gasteiger partial charge in [-0.05, 0) is 49.1 Å². The normalized spacial score (nSPS) is 30.3. The predicted molar refractivity (Wildman–Crippen MR) is 86.0 cm³/mol. The number of halogens is 1. The molecule has 0 spiro atoms. The van der Waals surface area contributed by atoms with E-state index in [-0.39, 0.29) is 23.6 Å². The predicted octanol–water partition coefficient (Wildman–Crippen LogP) is 4.40. The van der Waals surface area contributed by atoms with Gasteiger partial charge in [-0.3, -0.25) is 4.79 Å². The van der Waals surface area contributed by atoms with Crippen LogP contribution < -0.4 is 5.32 Å². The Morgan fingerprint density at radius 1 is 1.32 bits per heavy atom. The third-order valence-corrected chi connectivity index (χ3v) is 5.35. The average Bonchev–Trinajstić information content (AvgIpc) is 3.20. The molecule has 1 aromatic rings. The Morgan fingerprint density at radius 2 is 2.14 bits per heavy atom. The summed E-state index contributed by atoms with van der Waals surface area (Å²) >= 11 is 0. The number of rotatable bonds is 6. The molecular formula is C19H26FNO. The number of benzene rings is 1. The van der Waals surface area contributed by atoms with E-state index in [2.05, 4.69) is 12.2 Å². The fourth-order valence-electron chi connectivity index (χ4n) is 3.93. The van der Waals surface area contributed by atoms with Gasteiger partial charge in [0.1, 0.15) is 5.82 Å². The van der Waals surface area contributed by atoms with Crippen LogP contribution in [0.15, 0.2) is 24.3 Å². The van der Waals surface area contributed by atoms with Gasteiger partial charge in [0.25, 0.3) is 0 Å². The molecule has 2 fully saturated rings. The second kappa shape index (κ2) is 6.80. The van der Waals surface area contributed by atoms with Crippen LogP contribution in [0.1, 0.15) is 63.4 Å². The van der Waals surface area contributed by atoms with E-state index in [1.165, 1.54) is 38.2 Å². The maximum absolute atomic E-state index is 13.8. The minimum atomic E-state index is -0.176. The summed E-state index contributed by atoms with van der Waals surface area (Å²) in [5.74, 6) is 0.668. The van der Waals surface area contributed by atoms with Gasteiger partial charge < -0.3 is 5.32 Å². The smallest absolute Gasteiger partial charge is 0.223 e. The van der Waals surface area contributed by atoms with Gasteiger partial charge in [0, 0.05) is 12.0 Å². The van der Waals surface area contributed by atoms with Crippen molar-refractivity contribution in [3.8, 4) is 0 Å². The summed E-state index contributed by atoms with van der Waals surface area (Å²) in [6.07, 6.45) is 8.06. The summed E-state index contributed by atoms with van der Waals surface area (Å²) in [4.78, 5) is 12.4. The van der Waals surface area contributed by atoms with E-state index in [1.54, 1.807) is 6.07 Å². The Bertz CT molecular complexity index is 530. The number of nitrogens with one attached hydrogen (secondary N) is 1. The number of amides is 1. The molecule has 0 aliphatic heterocycles. The zero-order chi connectivity index (χ0) is 15.5. The first kappa shape index (κ1) is 15.5. The Kier molecular flexibility index (Phi) is 4.80. The summed E-state index contributed by atoms with van der Waals surface area (Å²) in [6, 6.07) is 7.20. The van der Waals surface area contributed by atoms with Crippen molar-refractivity contribution in [3.63, 3.8) is 0 Å². The molecule has 4 atom stereocenters. The van der Waals surface area contributed by atoms with Crippen LogP contribution in [0.4, 0.5) is 4.39 Å². The molecule has 4 unspecified atom stereocenters. The lowest BCUT2D eigenvalue weighted by molar-refractivity contribution is -0.123. The molecule has 120 valence electrons. The van der Waals surface area contributed by atoms with Crippen LogP contribution in [0.25, 0.3) is 0 Å². The molecule has 0 radical (unpaired) electrons. The lowest BCUT2D eigenvalue weighted by atomic mass is 9.96. The van der Waals surface area contributed by atoms with Gasteiger partial charge in [-0.25, -0.2) is 4.39 Å². The highest BCUT2D eigenvalue weighted by atomic mass is 19.1. The minimum Gasteiger partial charge on any atom is -0.353 e. The Hall–Kier alpha value is -1.38. The molecule has 22 heavy (non-hydrogen) atoms. The summed E-state index contributed by atoms with van der Waals surface area (Å²) in [6.45, 7) is 2.21. The highest BCUT2D eigenvalue weighted by molar-refractivity contribution is 5.83. The van der Waals surface area contributed by atoms with Gasteiger partial charge in [0.15, 0.2) is 0 Å². The maximum Gasteiger partial charge on any atom is 0.223 e. The third kappa shape index (κ3) is 3.34. The zero-order valence-corrected chi connectivity index (χ0v) is 13.4. The SMILES string of the molecule is CCCCC1CCCC1NC(=O)C1CC1c1ccccc1F. The lowest BCUT2D eigenvalue weighted by Crippen LogP contribution is -2.38. The monoisotopic (exact) mass is 303 g/mol. The quantitative estimate of drug-likeness (QED) is 0.829. The number of hydrogen-bond donors (Lipinski definition) is 1. The maximum atomic E-state index is 13.8. The standard InChI is InChI=1S/C19H26FNO/c1-2-3-7-13-8-6-11-18(13)21-19(22)16-12-15(16)14-9-4-5-10-17(14)20/h4-5,9-10,13,15-16,18H,2-3,6-8,11-12H2,1H3,(H,21,22). The third-order valence-electron chi connectivity index (χ3n) is 5.35. The van der Waals surface area contributed by atoms with Crippen LogP contribution in [0.2, 0.25) is 0 Å². The molecule has 1 aromatic carbocycles. The molecular weight excluding hydrogens is 277 g/mol. The number of carbonyl (C=O) groups excluding carboxylic acids is 1. The van der Waals surface area contributed by atoms with Crippen molar-refractivity contribution in [3.05, 3.63) is 35.6 Å². The van der Waals surface area contributed by atoms with Gasteiger partial charge in [-0.2, -0.15) is 0 Å². The Balaban J connectivity index is 1.54. The molecule has 2 nitrogen and oxygen atoms in total. The van der Waals surface area contributed by atoms with E-state index in [4.69, 9.17) is 0 Å². The zero-order valence-electron chi connectivity index (χ0n) is 13.4. The van der Waals surface area contributed by atoms with Gasteiger partial charge in [-0.1, -0.05) is 44.4 Å². The molecule has 3 heteroatoms. The molecule has 0 aromatic heterocycles. The van der Waals surface area contributed by atoms with Crippen LogP contribution in [-0.4, -0.2) is 11.9 Å². The van der Waals surface area contributed by atoms with E-state index >= 15 is 0 Å². The van der Waals surface area contributed by atoms with Crippen LogP contribution in [0.3, 0.4) is 0 Å². The van der Waals surface area contributed by atoms with E-state index in [0.29, 0.717) is 17.5 Å². The van der Waals surface area contributed by atoms with Gasteiger partial charge in [0.2, 0.25) is 5.91 Å². The summed E-state index contributed by atoms with van der Waals surface area (Å²) in [5.41, 5.74) is 0.705. The van der Waals surface area contributed by atoms with Crippen molar-refractivity contribution in [1.82, 2.24) is 5.32 Å². The minimum absolute atomic E-state index is 0.0238. The molecule has 0 heterocycles. The van der Waals surface area contributed by atoms with Crippen LogP contribution in [0.5, 0.6) is 0 Å². The number of unbranched alkanes of at least 4 members (excludes halogenated alkanes) is 1. The molecule has 1 amide bonds. The molecule has 0 saturated heterocycles. The second-order valence-corrected chi connectivity index (χ2v) is 6.92. The van der Waals surface area contributed by atoms with E-state index < -0.39 is 0 Å². The first-order chi connectivity index (χ1) is 10.7. The van der Waals surface area contributed by atoms with Crippen LogP contribution >= 0.6 is 0 Å². The van der Waals surface area contributed by atoms with Crippen LogP contribution in [-0.2, 0) is 4.79 Å². The fraction of sp³-hybridized carbons (Fsp3) is 0.632. The number of hydrogen-bond acceptors (Lipinski definition) is 1. The topological polar surface area (TPSA) is 29.1 Å². The average molecular weight is 303 g/mol. The lowest BCUT2D eigenvalue weighted by Gasteiger charge is -2.21. The number of carbonyl (C=O) groups is 1. The van der Waals surface area contributed by atoms with Crippen molar-refractivity contribution >= 4 is 5.91 Å². The van der Waals surface area contributed by atoms with Gasteiger partial charge in [-0.15, -0.1) is 0 Å². The molecule has 1 N–H and O–H groups in total. The highest BCUT2D eigenvalue weighted by Crippen LogP contribution is 2.48. The summed E-state index contributed by atoms with van der Waals surface area (Å²) < 4.78 is 13.8. The fourth-order valence-corrected chi connectivity index (χ4v) is 3.93. The van der Waals surface area contributed by atoms with Crippen LogP contribution in [0, 0.1) is 17.7 Å². The first-order valence-corrected chi connectivity index (χ1v) is 8.75. The van der Waals surface area contributed by atoms with Crippen molar-refractivity contribution < 1.29 is 9.18 Å². The second-order valence-electron chi connectivity index (χ2n) is 6.92. The van der Waals surface area contributed by atoms with E-state index in [9.17, 15) is 9.18 Å². The molecule has 0 bridgehead atoms. The Morgan fingerprint density at radius 3 is 2.91 bits per heavy atom. The summed E-state index contributed by atoms with van der Waals surface area (Å²) in [5, 5.41) is 3.26. The highest BCUT2D eigenvalue weighted by Gasteiger charge is 2.46. The largest absolute Gasteiger partial charge is 0.353 e. The van der Waals surface area contributed by atoms with Crippen molar-refractivity contribution in [2.24, 2.45) is 11.8 Å². The Labute approximate surface area is 132 Å². The van der Waals surface area contributed by atoms with Crippen molar-refractivity contribution in [1.29, 1.82) is 0 Å². The van der Waals surface area contributed by atoms with Gasteiger partial charge >= 0.3 is 0 Å². The van der Waals surface area contributed by atoms with E-state index in [0.717, 1.165) is 12.8 Å². The summed E-state index contributed by atoms with van der Waals surface area (Å²) in [7, 11) is 0. The van der Waals surface area contributed by atoms with Crippen molar-refractivity contribution in [2.75, 3.05) is 0 Å². The van der Waals surface area contributed by atoms with E-state index in [1.807, 2.05) is 12.1 Å². The molecule has 3 rings (SSSR count). The molecule has 2 aliphatic carbocycles. The molecule has 2 saturated carbocycles. The van der Waals surface area contributed by atoms with Gasteiger partial charge in [0.05, 0.1) is 0 Å².